The molecular formula is C16H11ClFN3O4S2. The number of amides is 2. The van der Waals surface area contributed by atoms with Gasteiger partial charge in [-0.3, -0.25) is 14.4 Å². The lowest BCUT2D eigenvalue weighted by Crippen LogP contribution is -2.15. The number of aromatic nitrogens is 1. The zero-order valence-electron chi connectivity index (χ0n) is 13.3. The van der Waals surface area contributed by atoms with E-state index in [1.807, 2.05) is 0 Å². The molecule has 0 spiro atoms. The van der Waals surface area contributed by atoms with Gasteiger partial charge in [0.15, 0.2) is 0 Å². The predicted octanol–water partition coefficient (Wildman–Crippen LogP) is 2.92. The summed E-state index contributed by atoms with van der Waals surface area (Å²) < 4.78 is 13.8. The van der Waals surface area contributed by atoms with E-state index >= 15 is 0 Å². The van der Waals surface area contributed by atoms with Crippen LogP contribution in [0.1, 0.15) is 10.4 Å². The number of thioether (sulfide) groups is 1. The largest absolute Gasteiger partial charge is 0.506 e. The number of H-pyrrole nitrogens is 1. The van der Waals surface area contributed by atoms with Gasteiger partial charge in [0, 0.05) is 11.8 Å². The van der Waals surface area contributed by atoms with Crippen LogP contribution >= 0.6 is 34.7 Å². The summed E-state index contributed by atoms with van der Waals surface area (Å²) in [4.78, 5) is 37.9. The highest BCUT2D eigenvalue weighted by atomic mass is 35.5. The molecular weight excluding hydrogens is 417 g/mol. The van der Waals surface area contributed by atoms with Gasteiger partial charge in [-0.1, -0.05) is 11.6 Å². The number of rotatable bonds is 5. The minimum atomic E-state index is -0.796. The third-order valence-corrected chi connectivity index (χ3v) is 6.18. The van der Waals surface area contributed by atoms with Gasteiger partial charge in [0.2, 0.25) is 5.91 Å². The maximum absolute atomic E-state index is 13.2. The van der Waals surface area contributed by atoms with Gasteiger partial charge in [-0.2, -0.15) is 0 Å². The number of nitrogens with one attached hydrogen (secondary N) is 2. The van der Waals surface area contributed by atoms with Crippen molar-refractivity contribution in [3.8, 4) is 5.75 Å². The molecule has 5 N–H and O–H groups in total. The van der Waals surface area contributed by atoms with Crippen LogP contribution in [0.5, 0.6) is 5.75 Å². The number of hydrogen-bond donors (Lipinski definition) is 4. The standard InChI is InChI=1S/C16H11ClFN3O4S2/c17-7-3-6(1-2-8(7)18)20-11(24)5-26-16-12(15(19)25)13-14(27-16)9(22)4-10(23)21-13/h1-4H,5H2,(H2,19,25)(H,20,24)(H2,21,22,23). The third-order valence-electron chi connectivity index (χ3n) is 3.41. The van der Waals surface area contributed by atoms with E-state index in [1.165, 1.54) is 12.1 Å². The number of primary amides is 1. The summed E-state index contributed by atoms with van der Waals surface area (Å²) in [6, 6.07) is 4.75. The van der Waals surface area contributed by atoms with Gasteiger partial charge >= 0.3 is 0 Å². The van der Waals surface area contributed by atoms with Crippen molar-refractivity contribution < 1.29 is 19.1 Å². The number of pyridine rings is 1. The Balaban J connectivity index is 1.82. The van der Waals surface area contributed by atoms with Gasteiger partial charge in [0.25, 0.3) is 11.5 Å². The Hall–Kier alpha value is -2.56. The van der Waals surface area contributed by atoms with Crippen molar-refractivity contribution in [2.24, 2.45) is 5.73 Å². The van der Waals surface area contributed by atoms with Crippen LogP contribution in [0.25, 0.3) is 10.2 Å². The van der Waals surface area contributed by atoms with Crippen LogP contribution in [-0.2, 0) is 4.79 Å². The molecule has 0 saturated carbocycles. The normalized spacial score (nSPS) is 10.9. The Labute approximate surface area is 164 Å². The monoisotopic (exact) mass is 427 g/mol. The number of nitrogens with two attached hydrogens (primary N) is 1. The highest BCUT2D eigenvalue weighted by Gasteiger charge is 2.21. The molecule has 0 bridgehead atoms. The summed E-state index contributed by atoms with van der Waals surface area (Å²) in [5.74, 6) is -2.19. The summed E-state index contributed by atoms with van der Waals surface area (Å²) in [6.07, 6.45) is 0. The molecule has 2 amide bonds. The Kier molecular flexibility index (Phi) is 5.40. The van der Waals surface area contributed by atoms with Crippen LogP contribution in [0.15, 0.2) is 33.3 Å². The highest BCUT2D eigenvalue weighted by molar-refractivity contribution is 8.02. The number of halogens is 2. The molecule has 0 saturated heterocycles. The first-order valence-electron chi connectivity index (χ1n) is 7.32. The second-order valence-corrected chi connectivity index (χ2v) is 7.99. The van der Waals surface area contributed by atoms with Gasteiger partial charge in [0.05, 0.1) is 30.8 Å². The van der Waals surface area contributed by atoms with Gasteiger partial charge in [-0.05, 0) is 18.2 Å². The molecule has 2 aromatic heterocycles. The molecule has 27 heavy (non-hydrogen) atoms. The first kappa shape index (κ1) is 19.2. The van der Waals surface area contributed by atoms with Crippen molar-refractivity contribution in [2.75, 3.05) is 11.1 Å². The van der Waals surface area contributed by atoms with Crippen LogP contribution in [0.3, 0.4) is 0 Å². The number of benzene rings is 1. The molecule has 1 aromatic carbocycles. The number of thiophene rings is 1. The average Bonchev–Trinajstić information content (AvgIpc) is 2.95. The van der Waals surface area contributed by atoms with Crippen molar-refractivity contribution >= 4 is 62.4 Å². The molecule has 0 fully saturated rings. The summed E-state index contributed by atoms with van der Waals surface area (Å²) in [5, 5.41) is 12.3. The smallest absolute Gasteiger partial charge is 0.252 e. The van der Waals surface area contributed by atoms with Crippen LogP contribution in [0.2, 0.25) is 5.02 Å². The number of anilines is 1. The van der Waals surface area contributed by atoms with Gasteiger partial charge in [-0.25, -0.2) is 4.39 Å². The molecule has 0 unspecified atom stereocenters. The Morgan fingerprint density at radius 2 is 2.11 bits per heavy atom. The number of carbonyl (C=O) groups is 2. The number of aromatic hydroxyl groups is 1. The number of hydrogen-bond acceptors (Lipinski definition) is 6. The third kappa shape index (κ3) is 4.07. The highest BCUT2D eigenvalue weighted by Crippen LogP contribution is 2.40. The van der Waals surface area contributed by atoms with Crippen molar-refractivity contribution in [3.63, 3.8) is 0 Å². The average molecular weight is 428 g/mol. The van der Waals surface area contributed by atoms with Crippen molar-refractivity contribution in [2.45, 2.75) is 4.21 Å². The molecule has 2 heterocycles. The minimum Gasteiger partial charge on any atom is -0.506 e. The number of carbonyl (C=O) groups excluding carboxylic acids is 2. The molecule has 11 heteroatoms. The Morgan fingerprint density at radius 1 is 1.37 bits per heavy atom. The lowest BCUT2D eigenvalue weighted by Gasteiger charge is -2.06. The molecule has 7 nitrogen and oxygen atoms in total. The van der Waals surface area contributed by atoms with Gasteiger partial charge < -0.3 is 21.1 Å². The summed E-state index contributed by atoms with van der Waals surface area (Å²) >= 11 is 7.71. The fourth-order valence-electron chi connectivity index (χ4n) is 2.29. The van der Waals surface area contributed by atoms with Crippen molar-refractivity contribution in [3.05, 3.63) is 51.0 Å². The van der Waals surface area contributed by atoms with E-state index in [2.05, 4.69) is 10.3 Å². The van der Waals surface area contributed by atoms with Crippen molar-refractivity contribution in [1.29, 1.82) is 0 Å². The van der Waals surface area contributed by atoms with Crippen molar-refractivity contribution in [1.82, 2.24) is 4.98 Å². The number of aromatic amines is 1. The van der Waals surface area contributed by atoms with Gasteiger partial charge in [-0.15, -0.1) is 23.1 Å². The Morgan fingerprint density at radius 3 is 2.78 bits per heavy atom. The molecule has 0 aliphatic rings. The first-order valence-corrected chi connectivity index (χ1v) is 9.50. The summed E-state index contributed by atoms with van der Waals surface area (Å²) in [6.45, 7) is 0. The van der Waals surface area contributed by atoms with E-state index in [0.717, 1.165) is 35.2 Å². The Bertz CT molecular complexity index is 1130. The van der Waals surface area contributed by atoms with Gasteiger partial charge in [0.1, 0.15) is 11.6 Å². The fourth-order valence-corrected chi connectivity index (χ4v) is 4.72. The maximum atomic E-state index is 13.2. The predicted molar refractivity (Wildman–Crippen MR) is 103 cm³/mol. The van der Waals surface area contributed by atoms with E-state index in [-0.39, 0.29) is 32.3 Å². The maximum Gasteiger partial charge on any atom is 0.252 e. The molecule has 0 aliphatic carbocycles. The van der Waals surface area contributed by atoms with Crippen LogP contribution in [0, 0.1) is 5.82 Å². The lowest BCUT2D eigenvalue weighted by atomic mass is 10.2. The molecule has 0 radical (unpaired) electrons. The minimum absolute atomic E-state index is 0.0330. The lowest BCUT2D eigenvalue weighted by molar-refractivity contribution is -0.113. The quantitative estimate of drug-likeness (QED) is 0.466. The zero-order valence-corrected chi connectivity index (χ0v) is 15.7. The topological polar surface area (TPSA) is 125 Å². The van der Waals surface area contributed by atoms with E-state index in [0.29, 0.717) is 9.90 Å². The van der Waals surface area contributed by atoms with E-state index in [1.54, 1.807) is 0 Å². The number of fused-ring (bicyclic) bond motifs is 1. The zero-order chi connectivity index (χ0) is 19.7. The molecule has 3 rings (SSSR count). The second kappa shape index (κ2) is 7.59. The van der Waals surface area contributed by atoms with Crippen LogP contribution in [-0.4, -0.2) is 27.7 Å². The van der Waals surface area contributed by atoms with E-state index in [9.17, 15) is 23.9 Å². The SMILES string of the molecule is NC(=O)c1c(SCC(=O)Nc2ccc(F)c(Cl)c2)sc2c(O)cc(=O)[nH]c12. The molecule has 3 aromatic rings. The first-order chi connectivity index (χ1) is 12.8. The fraction of sp³-hybridized carbons (Fsp3) is 0.0625. The van der Waals surface area contributed by atoms with Crippen LogP contribution < -0.4 is 16.6 Å². The molecule has 140 valence electrons. The molecule has 0 atom stereocenters. The summed E-state index contributed by atoms with van der Waals surface area (Å²) in [7, 11) is 0. The summed E-state index contributed by atoms with van der Waals surface area (Å²) in [5.41, 5.74) is 5.29. The van der Waals surface area contributed by atoms with E-state index in [4.69, 9.17) is 17.3 Å². The van der Waals surface area contributed by atoms with E-state index < -0.39 is 23.2 Å². The van der Waals surface area contributed by atoms with Crippen LogP contribution in [0.4, 0.5) is 10.1 Å². The molecule has 0 aliphatic heterocycles. The second-order valence-electron chi connectivity index (χ2n) is 5.32.